The highest BCUT2D eigenvalue weighted by atomic mass is 16.5. The summed E-state index contributed by atoms with van der Waals surface area (Å²) in [5, 5.41) is 11.2. The van der Waals surface area contributed by atoms with Gasteiger partial charge >= 0.3 is 0 Å². The van der Waals surface area contributed by atoms with Crippen molar-refractivity contribution in [1.82, 2.24) is 9.80 Å². The number of fused-ring (bicyclic) bond motifs is 1. The van der Waals surface area contributed by atoms with Crippen LogP contribution in [0.1, 0.15) is 48.1 Å². The quantitative estimate of drug-likeness (QED) is 0.426. The van der Waals surface area contributed by atoms with E-state index in [-0.39, 0.29) is 11.3 Å². The Balaban J connectivity index is 1.81. The summed E-state index contributed by atoms with van der Waals surface area (Å²) in [6.07, 6.45) is 0.758. The molecule has 4 rings (SSSR count). The zero-order valence-corrected chi connectivity index (χ0v) is 19.1. The number of aliphatic hydroxyl groups is 1. The lowest BCUT2D eigenvalue weighted by atomic mass is 9.93. The molecule has 1 saturated heterocycles. The normalized spacial score (nSPS) is 19.7. The Morgan fingerprint density at radius 1 is 1.16 bits per heavy atom. The van der Waals surface area contributed by atoms with E-state index in [9.17, 15) is 14.7 Å². The number of benzene rings is 2. The van der Waals surface area contributed by atoms with E-state index in [4.69, 9.17) is 4.74 Å². The number of ketones is 1. The number of nitrogens with zero attached hydrogens (tertiary/aromatic N) is 2. The minimum absolute atomic E-state index is 0.136. The predicted molar refractivity (Wildman–Crippen MR) is 124 cm³/mol. The van der Waals surface area contributed by atoms with Gasteiger partial charge in [-0.3, -0.25) is 9.59 Å². The van der Waals surface area contributed by atoms with Crippen molar-refractivity contribution in [2.75, 3.05) is 33.8 Å². The van der Waals surface area contributed by atoms with Crippen molar-refractivity contribution in [2.24, 2.45) is 0 Å². The number of Topliss-reactive ketones (excluding diaryl/α,β-unsaturated/α-hetero) is 1. The van der Waals surface area contributed by atoms with Crippen molar-refractivity contribution in [2.45, 2.75) is 32.2 Å². The van der Waals surface area contributed by atoms with Crippen LogP contribution in [0.5, 0.6) is 5.75 Å². The molecule has 6 heteroatoms. The van der Waals surface area contributed by atoms with Gasteiger partial charge in [-0.05, 0) is 54.9 Å². The molecule has 1 amide bonds. The minimum atomic E-state index is -0.643. The first kappa shape index (κ1) is 22.1. The molecule has 0 aromatic heterocycles. The second-order valence-corrected chi connectivity index (χ2v) is 9.04. The minimum Gasteiger partial charge on any atom is -0.507 e. The van der Waals surface area contributed by atoms with Gasteiger partial charge in [0.2, 0.25) is 0 Å². The molecular weight excluding hydrogens is 404 g/mol. The zero-order chi connectivity index (χ0) is 23.0. The van der Waals surface area contributed by atoms with Gasteiger partial charge in [-0.25, -0.2) is 0 Å². The van der Waals surface area contributed by atoms with Crippen LogP contribution in [0.3, 0.4) is 0 Å². The monoisotopic (exact) mass is 434 g/mol. The van der Waals surface area contributed by atoms with Gasteiger partial charge in [-0.2, -0.15) is 0 Å². The lowest BCUT2D eigenvalue weighted by molar-refractivity contribution is -0.140. The Labute approximate surface area is 189 Å². The summed E-state index contributed by atoms with van der Waals surface area (Å²) in [4.78, 5) is 29.7. The maximum Gasteiger partial charge on any atom is 0.295 e. The van der Waals surface area contributed by atoms with Gasteiger partial charge in [-0.1, -0.05) is 38.1 Å². The molecule has 1 atom stereocenters. The summed E-state index contributed by atoms with van der Waals surface area (Å²) < 4.78 is 5.56. The van der Waals surface area contributed by atoms with Crippen LogP contribution in [0.15, 0.2) is 48.0 Å². The molecule has 2 aliphatic rings. The Hall–Kier alpha value is -3.12. The van der Waals surface area contributed by atoms with E-state index in [1.165, 1.54) is 5.56 Å². The van der Waals surface area contributed by atoms with Crippen LogP contribution < -0.4 is 4.74 Å². The average molecular weight is 435 g/mol. The fourth-order valence-electron chi connectivity index (χ4n) is 4.32. The number of rotatable bonds is 6. The Bertz CT molecular complexity index is 1070. The predicted octanol–water partition coefficient (Wildman–Crippen LogP) is 3.73. The summed E-state index contributed by atoms with van der Waals surface area (Å²) in [7, 11) is 3.85. The molecule has 32 heavy (non-hydrogen) atoms. The van der Waals surface area contributed by atoms with Crippen LogP contribution in [0.2, 0.25) is 0 Å². The molecule has 6 nitrogen and oxygen atoms in total. The highest BCUT2D eigenvalue weighted by Crippen LogP contribution is 2.40. The second-order valence-electron chi connectivity index (χ2n) is 9.04. The van der Waals surface area contributed by atoms with E-state index in [2.05, 4.69) is 13.8 Å². The number of likely N-dealkylation sites (tertiary alicyclic amines) is 1. The highest BCUT2D eigenvalue weighted by Gasteiger charge is 2.46. The fraction of sp³-hybridized carbons (Fsp3) is 0.385. The van der Waals surface area contributed by atoms with Gasteiger partial charge in [0.25, 0.3) is 11.7 Å². The molecule has 2 aromatic carbocycles. The average Bonchev–Trinajstić information content (AvgIpc) is 3.34. The lowest BCUT2D eigenvalue weighted by Crippen LogP contribution is -2.35. The topological polar surface area (TPSA) is 70.1 Å². The van der Waals surface area contributed by atoms with Crippen molar-refractivity contribution in [3.63, 3.8) is 0 Å². The fourth-order valence-corrected chi connectivity index (χ4v) is 4.32. The maximum atomic E-state index is 13.1. The zero-order valence-electron chi connectivity index (χ0n) is 19.1. The third kappa shape index (κ3) is 4.02. The smallest absolute Gasteiger partial charge is 0.295 e. The molecule has 0 bridgehead atoms. The molecule has 2 heterocycles. The molecule has 0 spiro atoms. The van der Waals surface area contributed by atoms with Gasteiger partial charge in [0.1, 0.15) is 11.5 Å². The molecule has 2 aliphatic heterocycles. The number of hydrogen-bond donors (Lipinski definition) is 1. The summed E-state index contributed by atoms with van der Waals surface area (Å²) in [5.41, 5.74) is 3.67. The molecule has 2 aromatic rings. The molecular formula is C26H30N2O4. The van der Waals surface area contributed by atoms with Crippen molar-refractivity contribution >= 4 is 17.4 Å². The molecule has 1 N–H and O–H groups in total. The van der Waals surface area contributed by atoms with E-state index in [1.807, 2.05) is 55.4 Å². The molecule has 0 radical (unpaired) electrons. The van der Waals surface area contributed by atoms with E-state index < -0.39 is 17.7 Å². The summed E-state index contributed by atoms with van der Waals surface area (Å²) in [6.45, 7) is 5.86. The molecule has 1 unspecified atom stereocenters. The Kier molecular flexibility index (Phi) is 6.07. The van der Waals surface area contributed by atoms with Crippen LogP contribution in [-0.4, -0.2) is 60.4 Å². The standard InChI is InChI=1S/C26H30N2O4/c1-16(2)17-5-7-18(8-6-17)23-22(25(30)26(31)28(23)13-12-27(3)4)24(29)20-9-10-21-19(15-20)11-14-32-21/h5-10,15-16,23,29H,11-14H2,1-4H3/b24-22-. The van der Waals surface area contributed by atoms with Crippen LogP contribution in [-0.2, 0) is 16.0 Å². The summed E-state index contributed by atoms with van der Waals surface area (Å²) in [6, 6.07) is 12.7. The third-order valence-corrected chi connectivity index (χ3v) is 6.21. The van der Waals surface area contributed by atoms with Gasteiger partial charge in [0.05, 0.1) is 18.2 Å². The van der Waals surface area contributed by atoms with Crippen LogP contribution in [0.4, 0.5) is 0 Å². The Morgan fingerprint density at radius 2 is 1.88 bits per heavy atom. The first-order valence-electron chi connectivity index (χ1n) is 11.1. The number of hydrogen-bond acceptors (Lipinski definition) is 5. The number of ether oxygens (including phenoxy) is 1. The number of carbonyl (C=O) groups excluding carboxylic acids is 2. The van der Waals surface area contributed by atoms with Crippen LogP contribution in [0, 0.1) is 0 Å². The van der Waals surface area contributed by atoms with Crippen LogP contribution >= 0.6 is 0 Å². The van der Waals surface area contributed by atoms with Crippen molar-refractivity contribution in [3.05, 3.63) is 70.3 Å². The molecule has 0 aliphatic carbocycles. The number of amides is 1. The maximum absolute atomic E-state index is 13.1. The molecule has 0 saturated carbocycles. The first-order chi connectivity index (χ1) is 15.3. The third-order valence-electron chi connectivity index (χ3n) is 6.21. The van der Waals surface area contributed by atoms with E-state index in [0.29, 0.717) is 31.2 Å². The van der Waals surface area contributed by atoms with Gasteiger partial charge in [-0.15, -0.1) is 0 Å². The van der Waals surface area contributed by atoms with Crippen molar-refractivity contribution < 1.29 is 19.4 Å². The number of aliphatic hydroxyl groups excluding tert-OH is 1. The van der Waals surface area contributed by atoms with E-state index >= 15 is 0 Å². The van der Waals surface area contributed by atoms with Gasteiger partial charge in [0, 0.05) is 25.1 Å². The van der Waals surface area contributed by atoms with E-state index in [1.54, 1.807) is 11.0 Å². The lowest BCUT2D eigenvalue weighted by Gasteiger charge is -2.27. The summed E-state index contributed by atoms with van der Waals surface area (Å²) in [5.74, 6) is -0.179. The Morgan fingerprint density at radius 3 is 2.53 bits per heavy atom. The first-order valence-corrected chi connectivity index (χ1v) is 11.1. The van der Waals surface area contributed by atoms with Crippen LogP contribution in [0.25, 0.3) is 5.76 Å². The highest BCUT2D eigenvalue weighted by molar-refractivity contribution is 6.46. The second kappa shape index (κ2) is 8.79. The van der Waals surface area contributed by atoms with Crippen molar-refractivity contribution in [3.8, 4) is 5.75 Å². The SMILES string of the molecule is CC(C)c1ccc(C2/C(=C(/O)c3ccc4c(c3)CCO4)C(=O)C(=O)N2CCN(C)C)cc1. The molecule has 168 valence electrons. The number of carbonyl (C=O) groups is 2. The van der Waals surface area contributed by atoms with Crippen molar-refractivity contribution in [1.29, 1.82) is 0 Å². The number of likely N-dealkylation sites (N-methyl/N-ethyl adjacent to an activating group) is 1. The van der Waals surface area contributed by atoms with Gasteiger partial charge in [0.15, 0.2) is 0 Å². The largest absolute Gasteiger partial charge is 0.507 e. The summed E-state index contributed by atoms with van der Waals surface area (Å²) >= 11 is 0. The van der Waals surface area contributed by atoms with Gasteiger partial charge < -0.3 is 19.6 Å². The molecule has 1 fully saturated rings. The van der Waals surface area contributed by atoms with E-state index in [0.717, 1.165) is 23.3 Å².